The van der Waals surface area contributed by atoms with Crippen LogP contribution in [-0.2, 0) is 0 Å². The molecular weight excluding hydrogens is 284 g/mol. The number of pyridine rings is 1. The number of anilines is 1. The molecule has 0 aliphatic heterocycles. The van der Waals surface area contributed by atoms with Crippen molar-refractivity contribution in [3.63, 3.8) is 0 Å². The molecule has 0 saturated carbocycles. The second-order valence-corrected chi connectivity index (χ2v) is 5.98. The summed E-state index contributed by atoms with van der Waals surface area (Å²) in [6.07, 6.45) is 1.89. The van der Waals surface area contributed by atoms with E-state index in [9.17, 15) is 9.90 Å². The zero-order valence-corrected chi connectivity index (χ0v) is 13.1. The molecule has 0 spiro atoms. The van der Waals surface area contributed by atoms with Gasteiger partial charge in [-0.2, -0.15) is 9.78 Å². The third-order valence-electron chi connectivity index (χ3n) is 3.25. The molecule has 2 aromatic heterocycles. The van der Waals surface area contributed by atoms with Gasteiger partial charge in [0.25, 0.3) is 0 Å². The third-order valence-corrected chi connectivity index (χ3v) is 3.25. The number of carboxylic acid groups (broad SMARTS) is 1. The lowest BCUT2D eigenvalue weighted by atomic mass is 10.0. The number of hydrogen-bond acceptors (Lipinski definition) is 5. The van der Waals surface area contributed by atoms with Gasteiger partial charge in [0.2, 0.25) is 0 Å². The topological polar surface area (TPSA) is 110 Å². The molecule has 0 bridgehead atoms. The average Bonchev–Trinajstić information content (AvgIpc) is 2.86. The van der Waals surface area contributed by atoms with E-state index < -0.39 is 17.7 Å². The average molecular weight is 304 g/mol. The minimum atomic E-state index is -1.01. The van der Waals surface area contributed by atoms with Crippen LogP contribution < -0.4 is 5.73 Å². The van der Waals surface area contributed by atoms with E-state index in [0.29, 0.717) is 17.3 Å². The van der Waals surface area contributed by atoms with Gasteiger partial charge in [-0.05, 0) is 39.8 Å². The Hall–Kier alpha value is -2.64. The maximum atomic E-state index is 11.6. The molecule has 3 N–H and O–H groups in total. The van der Waals surface area contributed by atoms with E-state index >= 15 is 0 Å². The van der Waals surface area contributed by atoms with E-state index in [4.69, 9.17) is 5.73 Å². The first-order chi connectivity index (χ1) is 10.2. The summed E-state index contributed by atoms with van der Waals surface area (Å²) in [7, 11) is 0. The molecule has 0 aromatic carbocycles. The Labute approximate surface area is 128 Å². The molecule has 0 aliphatic rings. The fraction of sp³-hybridized carbons (Fsp3) is 0.429. The van der Waals surface area contributed by atoms with E-state index in [1.54, 1.807) is 19.1 Å². The maximum Gasteiger partial charge on any atom is 0.408 e. The van der Waals surface area contributed by atoms with E-state index in [2.05, 4.69) is 15.1 Å². The van der Waals surface area contributed by atoms with Crippen LogP contribution in [0, 0.1) is 0 Å². The first kappa shape index (κ1) is 15.7. The predicted molar refractivity (Wildman–Crippen MR) is 81.6 cm³/mol. The zero-order valence-electron chi connectivity index (χ0n) is 13.1. The fourth-order valence-corrected chi connectivity index (χ4v) is 2.38. The summed E-state index contributed by atoms with van der Waals surface area (Å²) in [5.74, 6) is 1.03. The highest BCUT2D eigenvalue weighted by molar-refractivity contribution is 5.66. The van der Waals surface area contributed by atoms with Gasteiger partial charge >= 0.3 is 6.09 Å². The molecule has 1 amide bonds. The molecule has 0 aliphatic carbocycles. The van der Waals surface area contributed by atoms with Crippen molar-refractivity contribution in [2.75, 3.05) is 5.73 Å². The number of nitrogen functional groups attached to an aromatic ring is 1. The molecule has 118 valence electrons. The first-order valence-electron chi connectivity index (χ1n) is 6.86. The van der Waals surface area contributed by atoms with E-state index in [1.807, 2.05) is 20.8 Å². The lowest BCUT2D eigenvalue weighted by Crippen LogP contribution is -2.47. The molecule has 0 fully saturated rings. The quantitative estimate of drug-likeness (QED) is 0.898. The van der Waals surface area contributed by atoms with Gasteiger partial charge in [-0.15, -0.1) is 0 Å². The first-order valence-corrected chi connectivity index (χ1v) is 6.86. The van der Waals surface area contributed by atoms with Crippen molar-refractivity contribution in [1.82, 2.24) is 24.6 Å². The van der Waals surface area contributed by atoms with Gasteiger partial charge in [-0.3, -0.25) is 4.90 Å². The molecule has 8 nitrogen and oxygen atoms in total. The number of amides is 1. The lowest BCUT2D eigenvalue weighted by molar-refractivity contribution is 0.0720. The summed E-state index contributed by atoms with van der Waals surface area (Å²) in [6, 6.07) is 2.93. The highest BCUT2D eigenvalue weighted by atomic mass is 16.4. The molecule has 2 heterocycles. The van der Waals surface area contributed by atoms with Gasteiger partial charge in [-0.25, -0.2) is 14.8 Å². The van der Waals surface area contributed by atoms with Crippen molar-refractivity contribution in [3.8, 4) is 5.82 Å². The van der Waals surface area contributed by atoms with Crippen molar-refractivity contribution in [3.05, 3.63) is 30.5 Å². The van der Waals surface area contributed by atoms with Crippen LogP contribution in [-0.4, -0.2) is 41.4 Å². The summed E-state index contributed by atoms with van der Waals surface area (Å²) in [6.45, 7) is 7.27. The highest BCUT2D eigenvalue weighted by Gasteiger charge is 2.34. The Morgan fingerprint density at radius 1 is 1.36 bits per heavy atom. The largest absolute Gasteiger partial charge is 0.465 e. The van der Waals surface area contributed by atoms with Crippen molar-refractivity contribution in [1.29, 1.82) is 0 Å². The summed E-state index contributed by atoms with van der Waals surface area (Å²) in [5, 5.41) is 13.7. The monoisotopic (exact) mass is 304 g/mol. The van der Waals surface area contributed by atoms with Gasteiger partial charge in [-0.1, -0.05) is 0 Å². The number of aromatic nitrogens is 4. The normalized spacial score (nSPS) is 12.9. The van der Waals surface area contributed by atoms with Crippen LogP contribution in [0.4, 0.5) is 10.5 Å². The van der Waals surface area contributed by atoms with Crippen LogP contribution in [0.1, 0.15) is 39.6 Å². The SMILES string of the molecule is CC(c1ncnn1-c1ccc(N)cn1)N(C(=O)O)C(C)(C)C. The number of rotatable bonds is 3. The molecular formula is C14H20N6O2. The van der Waals surface area contributed by atoms with Gasteiger partial charge in [0.15, 0.2) is 11.6 Å². The molecule has 1 unspecified atom stereocenters. The van der Waals surface area contributed by atoms with Gasteiger partial charge in [0.05, 0.1) is 17.9 Å². The second kappa shape index (κ2) is 5.63. The number of nitrogens with zero attached hydrogens (tertiary/aromatic N) is 5. The van der Waals surface area contributed by atoms with Crippen LogP contribution in [0.2, 0.25) is 0 Å². The second-order valence-electron chi connectivity index (χ2n) is 5.98. The molecule has 1 atom stereocenters. The van der Waals surface area contributed by atoms with E-state index in [-0.39, 0.29) is 0 Å². The zero-order chi connectivity index (χ0) is 16.5. The van der Waals surface area contributed by atoms with E-state index in [0.717, 1.165) is 0 Å². The number of nitrogens with two attached hydrogens (primary N) is 1. The van der Waals surface area contributed by atoms with Crippen LogP contribution in [0.25, 0.3) is 5.82 Å². The van der Waals surface area contributed by atoms with Crippen molar-refractivity contribution >= 4 is 11.8 Å². The minimum Gasteiger partial charge on any atom is -0.465 e. The standard InChI is InChI=1S/C14H20N6O2/c1-9(19(13(21)22)14(2,3)4)12-17-8-18-20(12)11-6-5-10(15)7-16-11/h5-9H,15H2,1-4H3,(H,21,22). The lowest BCUT2D eigenvalue weighted by Gasteiger charge is -2.37. The maximum absolute atomic E-state index is 11.6. The molecule has 0 radical (unpaired) electrons. The fourth-order valence-electron chi connectivity index (χ4n) is 2.38. The Kier molecular flexibility index (Phi) is 4.03. The molecule has 22 heavy (non-hydrogen) atoms. The summed E-state index contributed by atoms with van der Waals surface area (Å²) in [5.41, 5.74) is 5.60. The van der Waals surface area contributed by atoms with Crippen LogP contribution in [0.15, 0.2) is 24.7 Å². The highest BCUT2D eigenvalue weighted by Crippen LogP contribution is 2.27. The Morgan fingerprint density at radius 3 is 2.55 bits per heavy atom. The molecule has 2 rings (SSSR count). The summed E-state index contributed by atoms with van der Waals surface area (Å²) in [4.78, 5) is 21.4. The van der Waals surface area contributed by atoms with Crippen LogP contribution in [0.5, 0.6) is 0 Å². The summed E-state index contributed by atoms with van der Waals surface area (Å²) < 4.78 is 1.52. The van der Waals surface area contributed by atoms with Gasteiger partial charge < -0.3 is 10.8 Å². The minimum absolute atomic E-state index is 0.487. The number of carbonyl (C=O) groups is 1. The Balaban J connectivity index is 2.43. The van der Waals surface area contributed by atoms with Crippen molar-refractivity contribution in [2.45, 2.75) is 39.3 Å². The van der Waals surface area contributed by atoms with Gasteiger partial charge in [0, 0.05) is 5.54 Å². The molecule has 2 aromatic rings. The van der Waals surface area contributed by atoms with Crippen molar-refractivity contribution in [2.24, 2.45) is 0 Å². The third kappa shape index (κ3) is 3.00. The van der Waals surface area contributed by atoms with E-state index in [1.165, 1.54) is 22.1 Å². The Morgan fingerprint density at radius 2 is 2.05 bits per heavy atom. The van der Waals surface area contributed by atoms with Crippen molar-refractivity contribution < 1.29 is 9.90 Å². The van der Waals surface area contributed by atoms with Crippen LogP contribution in [0.3, 0.4) is 0 Å². The van der Waals surface area contributed by atoms with Gasteiger partial charge in [0.1, 0.15) is 6.33 Å². The summed E-state index contributed by atoms with van der Waals surface area (Å²) >= 11 is 0. The smallest absolute Gasteiger partial charge is 0.408 e. The Bertz CT molecular complexity index is 659. The van der Waals surface area contributed by atoms with Crippen LogP contribution >= 0.6 is 0 Å². The number of hydrogen-bond donors (Lipinski definition) is 2. The predicted octanol–water partition coefficient (Wildman–Crippen LogP) is 2.08. The molecule has 8 heteroatoms. The molecule has 0 saturated heterocycles.